The van der Waals surface area contributed by atoms with E-state index < -0.39 is 12.1 Å². The van der Waals surface area contributed by atoms with Crippen molar-refractivity contribution in [3.63, 3.8) is 0 Å². The number of ether oxygens (including phenoxy) is 1. The minimum Gasteiger partial charge on any atom is -0.485 e. The van der Waals surface area contributed by atoms with Gasteiger partial charge in [-0.1, -0.05) is 23.4 Å². The second-order valence-electron chi connectivity index (χ2n) is 10.8. The Morgan fingerprint density at radius 1 is 1.12 bits per heavy atom. The number of benzene rings is 2. The maximum atomic E-state index is 13.7. The van der Waals surface area contributed by atoms with E-state index in [4.69, 9.17) is 16.3 Å². The SMILES string of the molecule is C=C1COc2cc(-c3ncc(C4C5CC5c5cc(-c6cc(Cl)ccc6-n6cc(C(F)F)nn6)cc(=O)n54)[nH]3)ccc2N1. The van der Waals surface area contributed by atoms with Gasteiger partial charge in [-0.15, -0.1) is 5.10 Å². The van der Waals surface area contributed by atoms with E-state index in [1.165, 1.54) is 10.9 Å². The van der Waals surface area contributed by atoms with Crippen molar-refractivity contribution >= 4 is 17.3 Å². The zero-order chi connectivity index (χ0) is 28.7. The smallest absolute Gasteiger partial charge is 0.283 e. The van der Waals surface area contributed by atoms with E-state index in [1.54, 1.807) is 30.5 Å². The van der Waals surface area contributed by atoms with Crippen molar-refractivity contribution in [3.8, 4) is 34.0 Å². The Labute approximate surface area is 242 Å². The maximum Gasteiger partial charge on any atom is 0.283 e. The zero-order valence-corrected chi connectivity index (χ0v) is 22.6. The van der Waals surface area contributed by atoms with Gasteiger partial charge in [-0.2, -0.15) is 0 Å². The number of aromatic nitrogens is 6. The van der Waals surface area contributed by atoms with Crippen LogP contribution in [0, 0.1) is 5.92 Å². The van der Waals surface area contributed by atoms with E-state index in [-0.39, 0.29) is 23.4 Å². The number of halogens is 3. The highest BCUT2D eigenvalue weighted by Crippen LogP contribution is 2.60. The Bertz CT molecular complexity index is 1980. The minimum absolute atomic E-state index is 0.165. The number of fused-ring (bicyclic) bond motifs is 4. The Morgan fingerprint density at radius 3 is 2.83 bits per heavy atom. The molecule has 1 aliphatic carbocycles. The van der Waals surface area contributed by atoms with Crippen molar-refractivity contribution in [1.29, 1.82) is 0 Å². The highest BCUT2D eigenvalue weighted by molar-refractivity contribution is 6.31. The van der Waals surface area contributed by atoms with Crippen LogP contribution in [0.5, 0.6) is 5.75 Å². The Balaban J connectivity index is 1.16. The summed E-state index contributed by atoms with van der Waals surface area (Å²) in [6.45, 7) is 4.31. The van der Waals surface area contributed by atoms with Crippen molar-refractivity contribution in [1.82, 2.24) is 29.5 Å². The van der Waals surface area contributed by atoms with E-state index >= 15 is 0 Å². The van der Waals surface area contributed by atoms with Crippen molar-refractivity contribution in [3.05, 3.63) is 106 Å². The van der Waals surface area contributed by atoms with Crippen LogP contribution in [0.3, 0.4) is 0 Å². The quantitative estimate of drug-likeness (QED) is 0.258. The second-order valence-corrected chi connectivity index (χ2v) is 11.2. The fourth-order valence-electron chi connectivity index (χ4n) is 6.15. The summed E-state index contributed by atoms with van der Waals surface area (Å²) in [5.41, 5.74) is 5.46. The number of H-pyrrole nitrogens is 1. The van der Waals surface area contributed by atoms with Crippen molar-refractivity contribution in [2.24, 2.45) is 5.92 Å². The molecule has 1 saturated carbocycles. The lowest BCUT2D eigenvalue weighted by Gasteiger charge is -2.21. The van der Waals surface area contributed by atoms with Crippen LogP contribution in [0.4, 0.5) is 14.5 Å². The van der Waals surface area contributed by atoms with Crippen molar-refractivity contribution in [2.75, 3.05) is 11.9 Å². The molecule has 1 fully saturated rings. The first-order chi connectivity index (χ1) is 20.3. The Hall–Kier alpha value is -4.77. The fourth-order valence-corrected chi connectivity index (χ4v) is 6.33. The van der Waals surface area contributed by atoms with Gasteiger partial charge in [-0.25, -0.2) is 18.4 Å². The van der Waals surface area contributed by atoms with Crippen LogP contribution < -0.4 is 15.6 Å². The first kappa shape index (κ1) is 25.0. The van der Waals surface area contributed by atoms with Gasteiger partial charge in [0.25, 0.3) is 12.0 Å². The number of alkyl halides is 2. The number of nitrogens with zero attached hydrogens (tertiary/aromatic N) is 5. The van der Waals surface area contributed by atoms with Crippen LogP contribution in [0.2, 0.25) is 5.02 Å². The van der Waals surface area contributed by atoms with Gasteiger partial charge in [0, 0.05) is 39.5 Å². The zero-order valence-electron chi connectivity index (χ0n) is 21.9. The van der Waals surface area contributed by atoms with Gasteiger partial charge in [0.15, 0.2) is 0 Å². The van der Waals surface area contributed by atoms with E-state index in [1.807, 2.05) is 28.8 Å². The van der Waals surface area contributed by atoms with Crippen LogP contribution in [0.25, 0.3) is 28.2 Å². The summed E-state index contributed by atoms with van der Waals surface area (Å²) in [4.78, 5) is 21.8. The first-order valence-corrected chi connectivity index (χ1v) is 13.8. The van der Waals surface area contributed by atoms with Gasteiger partial charge in [-0.05, 0) is 60.4 Å². The molecular formula is C30H22ClF2N7O2. The molecule has 0 bridgehead atoms. The molecule has 210 valence electrons. The molecule has 0 radical (unpaired) electrons. The number of rotatable bonds is 5. The van der Waals surface area contributed by atoms with Crippen LogP contribution >= 0.6 is 11.6 Å². The number of aromatic amines is 1. The summed E-state index contributed by atoms with van der Waals surface area (Å²) in [5.74, 6) is 1.92. The number of hydrogen-bond acceptors (Lipinski definition) is 6. The predicted molar refractivity (Wildman–Crippen MR) is 152 cm³/mol. The van der Waals surface area contributed by atoms with Gasteiger partial charge in [0.05, 0.1) is 35.5 Å². The largest absolute Gasteiger partial charge is 0.485 e. The van der Waals surface area contributed by atoms with Crippen molar-refractivity contribution in [2.45, 2.75) is 24.8 Å². The molecular weight excluding hydrogens is 564 g/mol. The topological polar surface area (TPSA) is 103 Å². The number of nitrogens with one attached hydrogen (secondary N) is 2. The molecule has 12 heteroatoms. The van der Waals surface area contributed by atoms with E-state index in [0.29, 0.717) is 34.3 Å². The Morgan fingerprint density at radius 2 is 2.00 bits per heavy atom. The molecule has 3 unspecified atom stereocenters. The van der Waals surface area contributed by atoms with Crippen LogP contribution in [-0.2, 0) is 0 Å². The maximum absolute atomic E-state index is 13.7. The molecule has 3 atom stereocenters. The lowest BCUT2D eigenvalue weighted by atomic mass is 10.0. The summed E-state index contributed by atoms with van der Waals surface area (Å²) in [6.07, 6.45) is 1.19. The molecule has 8 rings (SSSR count). The lowest BCUT2D eigenvalue weighted by molar-refractivity contribution is 0.146. The van der Waals surface area contributed by atoms with Crippen LogP contribution in [-0.4, -0.2) is 36.1 Å². The van der Waals surface area contributed by atoms with Crippen molar-refractivity contribution < 1.29 is 13.5 Å². The van der Waals surface area contributed by atoms with Gasteiger partial charge in [-0.3, -0.25) is 4.79 Å². The number of pyridine rings is 1. The molecule has 2 aliphatic heterocycles. The molecule has 0 amide bonds. The second kappa shape index (κ2) is 9.12. The summed E-state index contributed by atoms with van der Waals surface area (Å²) in [6, 6.07) is 14.2. The lowest BCUT2D eigenvalue weighted by Crippen LogP contribution is -2.26. The molecule has 2 N–H and O–H groups in total. The van der Waals surface area contributed by atoms with Gasteiger partial charge in [0.2, 0.25) is 0 Å². The summed E-state index contributed by atoms with van der Waals surface area (Å²) < 4.78 is 35.3. The number of hydrogen-bond donors (Lipinski definition) is 2. The van der Waals surface area contributed by atoms with Gasteiger partial charge >= 0.3 is 0 Å². The van der Waals surface area contributed by atoms with E-state index in [9.17, 15) is 13.6 Å². The Kier molecular flexibility index (Phi) is 5.42. The standard InChI is InChI=1S/C30H22ClF2N7O2/c1-14-13-42-26-7-15(2-4-21(26)35-14)30-34-11-22(36-30)28-20-10-19(20)25-6-16(8-27(41)40(25)28)18-9-17(31)3-5-24(18)39-12-23(29(32)33)37-38-39/h2-9,11-12,19-20,28-29,35H,1,10,13H2,(H,34,36). The molecule has 0 spiro atoms. The molecule has 3 aromatic heterocycles. The van der Waals surface area contributed by atoms with Gasteiger partial charge in [0.1, 0.15) is 23.9 Å². The van der Waals surface area contributed by atoms with Crippen LogP contribution in [0.15, 0.2) is 78.0 Å². The first-order valence-electron chi connectivity index (χ1n) is 13.4. The van der Waals surface area contributed by atoms with E-state index in [0.717, 1.165) is 40.5 Å². The fraction of sp³-hybridized carbons (Fsp3) is 0.200. The monoisotopic (exact) mass is 585 g/mol. The number of imidazole rings is 1. The normalized spacial score (nSPS) is 20.1. The van der Waals surface area contributed by atoms with Gasteiger partial charge < -0.3 is 19.6 Å². The molecule has 0 saturated heterocycles. The summed E-state index contributed by atoms with van der Waals surface area (Å²) in [5, 5.41) is 11.1. The molecule has 2 aromatic carbocycles. The summed E-state index contributed by atoms with van der Waals surface area (Å²) in [7, 11) is 0. The van der Waals surface area contributed by atoms with E-state index in [2.05, 4.69) is 32.2 Å². The molecule has 3 aliphatic rings. The number of anilines is 1. The molecule has 5 heterocycles. The predicted octanol–water partition coefficient (Wildman–Crippen LogP) is 6.10. The highest BCUT2D eigenvalue weighted by atomic mass is 35.5. The average Bonchev–Trinajstić information content (AvgIpc) is 3.30. The molecule has 9 nitrogen and oxygen atoms in total. The van der Waals surface area contributed by atoms with Crippen LogP contribution in [0.1, 0.15) is 41.9 Å². The minimum atomic E-state index is -2.75. The third kappa shape index (κ3) is 3.95. The molecule has 42 heavy (non-hydrogen) atoms. The third-order valence-corrected chi connectivity index (χ3v) is 8.37. The third-order valence-electron chi connectivity index (χ3n) is 8.14. The average molecular weight is 586 g/mol. The highest BCUT2D eigenvalue weighted by Gasteiger charge is 2.53. The molecule has 5 aromatic rings. The summed E-state index contributed by atoms with van der Waals surface area (Å²) >= 11 is 6.33.